The van der Waals surface area contributed by atoms with E-state index in [1.165, 1.54) is 0 Å². The fourth-order valence-electron chi connectivity index (χ4n) is 1.74. The van der Waals surface area contributed by atoms with Crippen molar-refractivity contribution in [3.63, 3.8) is 0 Å². The largest absolute Gasteiger partial charge is 0.345 e. The van der Waals surface area contributed by atoms with Crippen LogP contribution in [0.4, 0.5) is 0 Å². The molecule has 1 aliphatic heterocycles. The Hall–Kier alpha value is -0.870. The SMILES string of the molecule is NCCC1NC(=O)c2cc(Br)ccc21. The van der Waals surface area contributed by atoms with E-state index in [2.05, 4.69) is 21.2 Å². The van der Waals surface area contributed by atoms with E-state index < -0.39 is 0 Å². The molecule has 0 saturated carbocycles. The molecule has 0 radical (unpaired) electrons. The van der Waals surface area contributed by atoms with Gasteiger partial charge in [0.25, 0.3) is 5.91 Å². The Labute approximate surface area is 90.8 Å². The molecule has 0 bridgehead atoms. The highest BCUT2D eigenvalue weighted by Crippen LogP contribution is 2.29. The molecule has 1 aromatic rings. The van der Waals surface area contributed by atoms with Crippen molar-refractivity contribution in [3.05, 3.63) is 33.8 Å². The first-order valence-electron chi connectivity index (χ1n) is 4.52. The van der Waals surface area contributed by atoms with E-state index in [1.807, 2.05) is 18.2 Å². The minimum absolute atomic E-state index is 0.000231. The highest BCUT2D eigenvalue weighted by molar-refractivity contribution is 9.10. The molecule has 0 aliphatic carbocycles. The Balaban J connectivity index is 2.39. The van der Waals surface area contributed by atoms with Crippen LogP contribution in [0.15, 0.2) is 22.7 Å². The minimum Gasteiger partial charge on any atom is -0.345 e. The van der Waals surface area contributed by atoms with Gasteiger partial charge < -0.3 is 11.1 Å². The van der Waals surface area contributed by atoms with Gasteiger partial charge in [0.2, 0.25) is 0 Å². The van der Waals surface area contributed by atoms with Gasteiger partial charge in [0, 0.05) is 10.0 Å². The Morgan fingerprint density at radius 1 is 1.50 bits per heavy atom. The standard InChI is InChI=1S/C10H11BrN2O/c11-6-1-2-7-8(5-6)10(14)13-9(7)3-4-12/h1-2,5,9H,3-4,12H2,(H,13,14). The van der Waals surface area contributed by atoms with Gasteiger partial charge in [-0.15, -0.1) is 0 Å². The van der Waals surface area contributed by atoms with E-state index in [1.54, 1.807) is 0 Å². The van der Waals surface area contributed by atoms with Gasteiger partial charge in [-0.25, -0.2) is 0 Å². The van der Waals surface area contributed by atoms with Crippen LogP contribution >= 0.6 is 15.9 Å². The molecule has 4 heteroatoms. The average molecular weight is 255 g/mol. The molecule has 0 fully saturated rings. The highest BCUT2D eigenvalue weighted by Gasteiger charge is 2.27. The lowest BCUT2D eigenvalue weighted by atomic mass is 10.0. The number of nitrogens with two attached hydrogens (primary N) is 1. The quantitative estimate of drug-likeness (QED) is 0.843. The van der Waals surface area contributed by atoms with Crippen molar-refractivity contribution in [3.8, 4) is 0 Å². The predicted octanol–water partition coefficient (Wildman–Crippen LogP) is 1.58. The first kappa shape index (κ1) is 9.68. The smallest absolute Gasteiger partial charge is 0.252 e. The van der Waals surface area contributed by atoms with Crippen molar-refractivity contribution in [2.75, 3.05) is 6.54 Å². The number of halogens is 1. The maximum absolute atomic E-state index is 11.5. The van der Waals surface area contributed by atoms with Crippen LogP contribution in [0.5, 0.6) is 0 Å². The van der Waals surface area contributed by atoms with Gasteiger partial charge in [-0.3, -0.25) is 4.79 Å². The zero-order valence-corrected chi connectivity index (χ0v) is 9.17. The van der Waals surface area contributed by atoms with Crippen molar-refractivity contribution < 1.29 is 4.79 Å². The minimum atomic E-state index is -0.000231. The van der Waals surface area contributed by atoms with Crippen LogP contribution < -0.4 is 11.1 Å². The van der Waals surface area contributed by atoms with Gasteiger partial charge in [-0.2, -0.15) is 0 Å². The molecule has 0 saturated heterocycles. The molecular weight excluding hydrogens is 244 g/mol. The second-order valence-corrected chi connectivity index (χ2v) is 4.25. The summed E-state index contributed by atoms with van der Waals surface area (Å²) in [6.07, 6.45) is 0.792. The van der Waals surface area contributed by atoms with Gasteiger partial charge in [0.15, 0.2) is 0 Å². The Bertz CT molecular complexity index is 378. The number of nitrogens with one attached hydrogen (secondary N) is 1. The fraction of sp³-hybridized carbons (Fsp3) is 0.300. The molecule has 14 heavy (non-hydrogen) atoms. The van der Waals surface area contributed by atoms with Crippen LogP contribution in [0.25, 0.3) is 0 Å². The summed E-state index contributed by atoms with van der Waals surface area (Å²) in [7, 11) is 0. The number of carbonyl (C=O) groups is 1. The second kappa shape index (κ2) is 3.71. The van der Waals surface area contributed by atoms with Crippen molar-refractivity contribution in [2.45, 2.75) is 12.5 Å². The number of amides is 1. The Morgan fingerprint density at radius 2 is 2.29 bits per heavy atom. The molecular formula is C10H11BrN2O. The van der Waals surface area contributed by atoms with E-state index >= 15 is 0 Å². The number of hydrogen-bond donors (Lipinski definition) is 2. The number of hydrogen-bond acceptors (Lipinski definition) is 2. The van der Waals surface area contributed by atoms with Crippen LogP contribution in [0.3, 0.4) is 0 Å². The third-order valence-electron chi connectivity index (χ3n) is 2.40. The van der Waals surface area contributed by atoms with Crippen LogP contribution in [0.2, 0.25) is 0 Å². The predicted molar refractivity (Wildman–Crippen MR) is 58.0 cm³/mol. The van der Waals surface area contributed by atoms with Gasteiger partial charge in [0.1, 0.15) is 0 Å². The number of carbonyl (C=O) groups excluding carboxylic acids is 1. The topological polar surface area (TPSA) is 55.1 Å². The lowest BCUT2D eigenvalue weighted by Crippen LogP contribution is -2.21. The van der Waals surface area contributed by atoms with E-state index in [0.29, 0.717) is 6.54 Å². The molecule has 3 nitrogen and oxygen atoms in total. The van der Waals surface area contributed by atoms with Crippen molar-refractivity contribution in [1.82, 2.24) is 5.32 Å². The zero-order valence-electron chi connectivity index (χ0n) is 7.59. The summed E-state index contributed by atoms with van der Waals surface area (Å²) >= 11 is 3.35. The average Bonchev–Trinajstić information content (AvgIpc) is 2.44. The van der Waals surface area contributed by atoms with Crippen molar-refractivity contribution >= 4 is 21.8 Å². The molecule has 1 unspecified atom stereocenters. The molecule has 74 valence electrons. The molecule has 1 heterocycles. The molecule has 1 aliphatic rings. The Morgan fingerprint density at radius 3 is 3.00 bits per heavy atom. The molecule has 1 atom stereocenters. The molecule has 3 N–H and O–H groups in total. The molecule has 0 aromatic heterocycles. The first-order chi connectivity index (χ1) is 6.72. The van der Waals surface area contributed by atoms with Gasteiger partial charge in [-0.05, 0) is 30.7 Å². The maximum Gasteiger partial charge on any atom is 0.252 e. The van der Waals surface area contributed by atoms with E-state index in [-0.39, 0.29) is 11.9 Å². The summed E-state index contributed by atoms with van der Waals surface area (Å²) in [4.78, 5) is 11.5. The van der Waals surface area contributed by atoms with Crippen molar-refractivity contribution in [1.29, 1.82) is 0 Å². The van der Waals surface area contributed by atoms with E-state index in [9.17, 15) is 4.79 Å². The lowest BCUT2D eigenvalue weighted by Gasteiger charge is -2.09. The monoisotopic (exact) mass is 254 g/mol. The third kappa shape index (κ3) is 1.55. The van der Waals surface area contributed by atoms with Gasteiger partial charge >= 0.3 is 0 Å². The maximum atomic E-state index is 11.5. The van der Waals surface area contributed by atoms with Crippen LogP contribution in [0, 0.1) is 0 Å². The third-order valence-corrected chi connectivity index (χ3v) is 2.89. The molecule has 2 rings (SSSR count). The summed E-state index contributed by atoms with van der Waals surface area (Å²) in [5.74, 6) is -0.000231. The van der Waals surface area contributed by atoms with Gasteiger partial charge in [-0.1, -0.05) is 22.0 Å². The number of benzene rings is 1. The van der Waals surface area contributed by atoms with Crippen LogP contribution in [0.1, 0.15) is 28.4 Å². The molecule has 1 aromatic carbocycles. The number of fused-ring (bicyclic) bond motifs is 1. The molecule has 1 amide bonds. The van der Waals surface area contributed by atoms with Crippen LogP contribution in [-0.2, 0) is 0 Å². The van der Waals surface area contributed by atoms with E-state index in [0.717, 1.165) is 22.0 Å². The summed E-state index contributed by atoms with van der Waals surface area (Å²) in [6, 6.07) is 5.86. The second-order valence-electron chi connectivity index (χ2n) is 3.33. The first-order valence-corrected chi connectivity index (χ1v) is 5.32. The lowest BCUT2D eigenvalue weighted by molar-refractivity contribution is 0.0955. The Kier molecular flexibility index (Phi) is 2.56. The highest BCUT2D eigenvalue weighted by atomic mass is 79.9. The summed E-state index contributed by atoms with van der Waals surface area (Å²) in [6.45, 7) is 0.584. The normalized spacial score (nSPS) is 19.3. The summed E-state index contributed by atoms with van der Waals surface area (Å²) < 4.78 is 0.930. The fourth-order valence-corrected chi connectivity index (χ4v) is 2.10. The van der Waals surface area contributed by atoms with Crippen LogP contribution in [-0.4, -0.2) is 12.5 Å². The van der Waals surface area contributed by atoms with Gasteiger partial charge in [0.05, 0.1) is 6.04 Å². The summed E-state index contributed by atoms with van der Waals surface area (Å²) in [5, 5.41) is 2.91. The van der Waals surface area contributed by atoms with Crippen molar-refractivity contribution in [2.24, 2.45) is 5.73 Å². The number of rotatable bonds is 2. The molecule has 0 spiro atoms. The van der Waals surface area contributed by atoms with E-state index in [4.69, 9.17) is 5.73 Å². The summed E-state index contributed by atoms with van der Waals surface area (Å²) in [5.41, 5.74) is 7.30. The zero-order chi connectivity index (χ0) is 10.1.